The SMILES string of the molecule is CC(Oc1ccc([N+](=O)[O-])cc1)C(=O)Oc1ccccc1C(=O)OCCc1ccccc1. The zero-order chi connectivity index (χ0) is 22.9. The van der Waals surface area contributed by atoms with E-state index in [2.05, 4.69) is 0 Å². The number of hydrogen-bond donors (Lipinski definition) is 0. The Morgan fingerprint density at radius 1 is 0.938 bits per heavy atom. The van der Waals surface area contributed by atoms with Crippen molar-refractivity contribution in [3.8, 4) is 11.5 Å². The van der Waals surface area contributed by atoms with Crippen LogP contribution in [0.25, 0.3) is 0 Å². The predicted molar refractivity (Wildman–Crippen MR) is 116 cm³/mol. The summed E-state index contributed by atoms with van der Waals surface area (Å²) in [6.45, 7) is 1.66. The van der Waals surface area contributed by atoms with Gasteiger partial charge in [-0.1, -0.05) is 42.5 Å². The first-order valence-corrected chi connectivity index (χ1v) is 9.87. The first-order chi connectivity index (χ1) is 15.4. The van der Waals surface area contributed by atoms with E-state index >= 15 is 0 Å². The fourth-order valence-electron chi connectivity index (χ4n) is 2.80. The second-order valence-corrected chi connectivity index (χ2v) is 6.80. The highest BCUT2D eigenvalue weighted by molar-refractivity contribution is 5.93. The number of non-ortho nitro benzene ring substituents is 1. The normalized spacial score (nSPS) is 11.3. The molecule has 32 heavy (non-hydrogen) atoms. The van der Waals surface area contributed by atoms with Gasteiger partial charge in [0, 0.05) is 18.6 Å². The smallest absolute Gasteiger partial charge is 0.352 e. The largest absolute Gasteiger partial charge is 0.479 e. The topological polar surface area (TPSA) is 105 Å². The Bertz CT molecular complexity index is 1080. The van der Waals surface area contributed by atoms with Crippen LogP contribution >= 0.6 is 0 Å². The number of esters is 2. The highest BCUT2D eigenvalue weighted by atomic mass is 16.6. The molecule has 0 aliphatic rings. The van der Waals surface area contributed by atoms with Crippen LogP contribution in [0.4, 0.5) is 5.69 Å². The number of rotatable bonds is 9. The second kappa shape index (κ2) is 10.7. The number of benzene rings is 3. The molecule has 0 spiro atoms. The molecule has 0 aliphatic carbocycles. The lowest BCUT2D eigenvalue weighted by Crippen LogP contribution is -2.29. The summed E-state index contributed by atoms with van der Waals surface area (Å²) in [5, 5.41) is 10.7. The van der Waals surface area contributed by atoms with Gasteiger partial charge in [0.25, 0.3) is 5.69 Å². The molecule has 1 atom stereocenters. The van der Waals surface area contributed by atoms with E-state index in [0.29, 0.717) is 6.42 Å². The van der Waals surface area contributed by atoms with Gasteiger partial charge in [-0.25, -0.2) is 9.59 Å². The summed E-state index contributed by atoms with van der Waals surface area (Å²) in [6, 6.07) is 21.2. The van der Waals surface area contributed by atoms with E-state index in [4.69, 9.17) is 14.2 Å². The molecule has 0 bridgehead atoms. The van der Waals surface area contributed by atoms with Crippen molar-refractivity contribution in [2.75, 3.05) is 6.61 Å². The van der Waals surface area contributed by atoms with Crippen LogP contribution in [0.15, 0.2) is 78.9 Å². The standard InChI is InChI=1S/C24H21NO7/c1-17(31-20-13-11-19(12-14-20)25(28)29)23(26)32-22-10-6-5-9-21(22)24(27)30-16-15-18-7-3-2-4-8-18/h2-14,17H,15-16H2,1H3. The Kier molecular flexibility index (Phi) is 7.53. The van der Waals surface area contributed by atoms with Crippen LogP contribution in [-0.2, 0) is 16.0 Å². The molecular weight excluding hydrogens is 414 g/mol. The summed E-state index contributed by atoms with van der Waals surface area (Å²) < 4.78 is 16.2. The fourth-order valence-corrected chi connectivity index (χ4v) is 2.80. The number of ether oxygens (including phenoxy) is 3. The van der Waals surface area contributed by atoms with Gasteiger partial charge in [0.1, 0.15) is 17.1 Å². The number of nitro groups is 1. The summed E-state index contributed by atoms with van der Waals surface area (Å²) >= 11 is 0. The molecule has 0 saturated carbocycles. The number of nitro benzene ring substituents is 1. The van der Waals surface area contributed by atoms with Gasteiger partial charge in [-0.05, 0) is 36.8 Å². The monoisotopic (exact) mass is 435 g/mol. The summed E-state index contributed by atoms with van der Waals surface area (Å²) in [5.41, 5.74) is 1.07. The first-order valence-electron chi connectivity index (χ1n) is 9.87. The van der Waals surface area contributed by atoms with Gasteiger partial charge in [0.15, 0.2) is 6.10 Å². The minimum Gasteiger partial charge on any atom is -0.479 e. The molecule has 1 unspecified atom stereocenters. The molecule has 3 rings (SSSR count). The molecule has 3 aromatic carbocycles. The molecular formula is C24H21NO7. The van der Waals surface area contributed by atoms with Crippen molar-refractivity contribution in [3.63, 3.8) is 0 Å². The number of hydrogen-bond acceptors (Lipinski definition) is 7. The van der Waals surface area contributed by atoms with Crippen molar-refractivity contribution < 1.29 is 28.7 Å². The maximum Gasteiger partial charge on any atom is 0.352 e. The van der Waals surface area contributed by atoms with Gasteiger partial charge in [0.2, 0.25) is 0 Å². The molecule has 8 heteroatoms. The van der Waals surface area contributed by atoms with Crippen LogP contribution in [0.2, 0.25) is 0 Å². The van der Waals surface area contributed by atoms with Crippen LogP contribution in [0, 0.1) is 10.1 Å². The number of para-hydroxylation sites is 1. The Morgan fingerprint density at radius 2 is 1.59 bits per heavy atom. The van der Waals surface area contributed by atoms with E-state index in [-0.39, 0.29) is 29.4 Å². The number of carbonyl (C=O) groups excluding carboxylic acids is 2. The number of carbonyl (C=O) groups is 2. The lowest BCUT2D eigenvalue weighted by molar-refractivity contribution is -0.384. The van der Waals surface area contributed by atoms with E-state index in [1.165, 1.54) is 43.3 Å². The summed E-state index contributed by atoms with van der Waals surface area (Å²) in [6.07, 6.45) is -0.451. The van der Waals surface area contributed by atoms with Crippen LogP contribution in [0.5, 0.6) is 11.5 Å². The summed E-state index contributed by atoms with van der Waals surface area (Å²) in [7, 11) is 0. The zero-order valence-electron chi connectivity index (χ0n) is 17.3. The molecule has 0 heterocycles. The molecule has 0 aliphatic heterocycles. The molecule has 0 amide bonds. The third kappa shape index (κ3) is 6.15. The summed E-state index contributed by atoms with van der Waals surface area (Å²) in [5.74, 6) is -1.00. The molecule has 3 aromatic rings. The molecule has 0 saturated heterocycles. The van der Waals surface area contributed by atoms with Crippen LogP contribution in [0.3, 0.4) is 0 Å². The minimum atomic E-state index is -1.02. The van der Waals surface area contributed by atoms with Crippen molar-refractivity contribution in [2.45, 2.75) is 19.4 Å². The van der Waals surface area contributed by atoms with Gasteiger partial charge in [-0.15, -0.1) is 0 Å². The van der Waals surface area contributed by atoms with Crippen molar-refractivity contribution in [2.24, 2.45) is 0 Å². The molecule has 0 radical (unpaired) electrons. The molecule has 0 N–H and O–H groups in total. The average molecular weight is 435 g/mol. The van der Waals surface area contributed by atoms with E-state index in [1.54, 1.807) is 12.1 Å². The van der Waals surface area contributed by atoms with Crippen LogP contribution < -0.4 is 9.47 Å². The van der Waals surface area contributed by atoms with Crippen LogP contribution in [0.1, 0.15) is 22.8 Å². The number of nitrogens with zero attached hydrogens (tertiary/aromatic N) is 1. The maximum absolute atomic E-state index is 12.5. The third-order valence-electron chi connectivity index (χ3n) is 4.48. The Balaban J connectivity index is 1.58. The molecule has 164 valence electrons. The van der Waals surface area contributed by atoms with Crippen molar-refractivity contribution in [1.29, 1.82) is 0 Å². The van der Waals surface area contributed by atoms with E-state index in [9.17, 15) is 19.7 Å². The average Bonchev–Trinajstić information content (AvgIpc) is 2.80. The van der Waals surface area contributed by atoms with Gasteiger partial charge in [-0.3, -0.25) is 10.1 Å². The van der Waals surface area contributed by atoms with Gasteiger partial charge in [0.05, 0.1) is 11.5 Å². The quantitative estimate of drug-likeness (QED) is 0.213. The lowest BCUT2D eigenvalue weighted by Gasteiger charge is -2.15. The first kappa shape index (κ1) is 22.5. The van der Waals surface area contributed by atoms with Crippen LogP contribution in [-0.4, -0.2) is 29.6 Å². The second-order valence-electron chi connectivity index (χ2n) is 6.80. The Hall–Kier alpha value is -4.20. The highest BCUT2D eigenvalue weighted by Crippen LogP contribution is 2.22. The summed E-state index contributed by atoms with van der Waals surface area (Å²) in [4.78, 5) is 35.1. The highest BCUT2D eigenvalue weighted by Gasteiger charge is 2.21. The van der Waals surface area contributed by atoms with Crippen molar-refractivity contribution in [3.05, 3.63) is 100 Å². The minimum absolute atomic E-state index is 0.0568. The van der Waals surface area contributed by atoms with Gasteiger partial charge >= 0.3 is 11.9 Å². The Morgan fingerprint density at radius 3 is 2.28 bits per heavy atom. The molecule has 0 fully saturated rings. The third-order valence-corrected chi connectivity index (χ3v) is 4.48. The Labute approximate surface area is 184 Å². The van der Waals surface area contributed by atoms with Crippen molar-refractivity contribution in [1.82, 2.24) is 0 Å². The van der Waals surface area contributed by atoms with E-state index in [1.807, 2.05) is 30.3 Å². The molecule has 8 nitrogen and oxygen atoms in total. The zero-order valence-corrected chi connectivity index (χ0v) is 17.3. The predicted octanol–water partition coefficient (Wildman–Crippen LogP) is 4.37. The van der Waals surface area contributed by atoms with Gasteiger partial charge in [-0.2, -0.15) is 0 Å². The fraction of sp³-hybridized carbons (Fsp3) is 0.167. The van der Waals surface area contributed by atoms with E-state index < -0.39 is 23.0 Å². The van der Waals surface area contributed by atoms with Crippen molar-refractivity contribution >= 4 is 17.6 Å². The lowest BCUT2D eigenvalue weighted by atomic mass is 10.2. The van der Waals surface area contributed by atoms with E-state index in [0.717, 1.165) is 5.56 Å². The van der Waals surface area contributed by atoms with Gasteiger partial charge < -0.3 is 14.2 Å². The maximum atomic E-state index is 12.5. The molecule has 0 aromatic heterocycles.